The van der Waals surface area contributed by atoms with E-state index in [0.29, 0.717) is 29.8 Å². The van der Waals surface area contributed by atoms with Gasteiger partial charge in [0.15, 0.2) is 5.78 Å². The Morgan fingerprint density at radius 3 is 2.67 bits per heavy atom. The van der Waals surface area contributed by atoms with E-state index in [1.807, 2.05) is 6.08 Å². The van der Waals surface area contributed by atoms with Crippen molar-refractivity contribution in [3.8, 4) is 0 Å². The lowest BCUT2D eigenvalue weighted by atomic mass is 9.50. The first kappa shape index (κ1) is 13.5. The molecule has 0 radical (unpaired) electrons. The van der Waals surface area contributed by atoms with Crippen LogP contribution in [0.15, 0.2) is 23.3 Å². The predicted octanol–water partition coefficient (Wildman–Crippen LogP) is 4.01. The summed E-state index contributed by atoms with van der Waals surface area (Å²) in [7, 11) is 0. The molecule has 4 atom stereocenters. The molecule has 2 heteroatoms. The first-order valence-electron chi connectivity index (χ1n) is 8.42. The van der Waals surface area contributed by atoms with Crippen molar-refractivity contribution in [3.63, 3.8) is 0 Å². The second-order valence-electron chi connectivity index (χ2n) is 8.03. The summed E-state index contributed by atoms with van der Waals surface area (Å²) in [5.41, 5.74) is 2.82. The van der Waals surface area contributed by atoms with Crippen molar-refractivity contribution < 1.29 is 9.59 Å². The molecule has 2 saturated carbocycles. The number of rotatable bonds is 0. The molecule has 0 aromatic carbocycles. The van der Waals surface area contributed by atoms with E-state index in [1.165, 1.54) is 11.1 Å². The molecule has 0 aromatic heterocycles. The normalized spacial score (nSPS) is 45.4. The molecule has 0 aromatic rings. The molecule has 0 aliphatic heterocycles. The Labute approximate surface area is 126 Å². The second kappa shape index (κ2) is 4.18. The van der Waals surface area contributed by atoms with Crippen LogP contribution in [0.2, 0.25) is 0 Å². The number of hydrogen-bond donors (Lipinski definition) is 0. The molecule has 0 N–H and O–H groups in total. The van der Waals surface area contributed by atoms with Crippen LogP contribution >= 0.6 is 0 Å². The van der Waals surface area contributed by atoms with E-state index < -0.39 is 0 Å². The molecule has 0 heterocycles. The van der Waals surface area contributed by atoms with Crippen LogP contribution in [-0.2, 0) is 9.59 Å². The predicted molar refractivity (Wildman–Crippen MR) is 81.7 cm³/mol. The number of fused-ring (bicyclic) bond motifs is 4. The average Bonchev–Trinajstić information content (AvgIpc) is 2.70. The van der Waals surface area contributed by atoms with Crippen molar-refractivity contribution >= 4 is 11.6 Å². The van der Waals surface area contributed by atoms with Gasteiger partial charge in [0.25, 0.3) is 0 Å². The van der Waals surface area contributed by atoms with Crippen molar-refractivity contribution in [3.05, 3.63) is 23.3 Å². The number of Topliss-reactive ketones (excluding diaryl/α,β-unsaturated/α-hetero) is 1. The maximum atomic E-state index is 12.5. The van der Waals surface area contributed by atoms with Gasteiger partial charge in [-0.3, -0.25) is 9.59 Å². The molecular weight excluding hydrogens is 260 g/mol. The third kappa shape index (κ3) is 1.65. The third-order valence-corrected chi connectivity index (χ3v) is 7.29. The highest BCUT2D eigenvalue weighted by Gasteiger charge is 2.60. The molecule has 2 nitrogen and oxygen atoms in total. The largest absolute Gasteiger partial charge is 0.299 e. The smallest absolute Gasteiger partial charge is 0.155 e. The zero-order valence-electron chi connectivity index (χ0n) is 13.1. The van der Waals surface area contributed by atoms with Gasteiger partial charge in [0.2, 0.25) is 0 Å². The number of ketones is 2. The van der Waals surface area contributed by atoms with Crippen LogP contribution in [0.5, 0.6) is 0 Å². The first-order chi connectivity index (χ1) is 9.94. The van der Waals surface area contributed by atoms with Crippen LogP contribution in [-0.4, -0.2) is 11.6 Å². The summed E-state index contributed by atoms with van der Waals surface area (Å²) in [5.74, 6) is 1.88. The molecule has 0 saturated heterocycles. The van der Waals surface area contributed by atoms with Gasteiger partial charge in [-0.15, -0.1) is 0 Å². The monoisotopic (exact) mass is 284 g/mol. The molecule has 0 spiro atoms. The molecule has 3 unspecified atom stereocenters. The van der Waals surface area contributed by atoms with Crippen LogP contribution in [0.1, 0.15) is 58.8 Å². The summed E-state index contributed by atoms with van der Waals surface area (Å²) >= 11 is 0. The highest BCUT2D eigenvalue weighted by atomic mass is 16.1. The summed E-state index contributed by atoms with van der Waals surface area (Å²) in [6, 6.07) is 0. The number of carbonyl (C=O) groups is 2. The number of carbonyl (C=O) groups excluding carboxylic acids is 2. The Hall–Kier alpha value is -1.18. The standard InChI is InChI=1S/C19H24O2/c1-18-8-6-17(21)19(18,2)7-5-13-9-14-10-15(20)4-3-12(14)11-16(13)18/h9-10,12,16H,3-8,11H2,1-2H3/t12?,16?,18?,19-/m0/s1. The molecule has 0 bridgehead atoms. The van der Waals surface area contributed by atoms with Gasteiger partial charge >= 0.3 is 0 Å². The fraction of sp³-hybridized carbons (Fsp3) is 0.684. The number of allylic oxidation sites excluding steroid dienone is 4. The Morgan fingerprint density at radius 2 is 1.86 bits per heavy atom. The lowest BCUT2D eigenvalue weighted by Crippen LogP contribution is -2.48. The van der Waals surface area contributed by atoms with E-state index in [2.05, 4.69) is 19.9 Å². The Morgan fingerprint density at radius 1 is 1.05 bits per heavy atom. The SMILES string of the molecule is CC12CCC(=O)[C@]1(C)CCC1=CC3=CC(=O)CCC3CC12. The Kier molecular flexibility index (Phi) is 2.68. The lowest BCUT2D eigenvalue weighted by Gasteiger charge is -2.53. The van der Waals surface area contributed by atoms with E-state index in [1.54, 1.807) is 0 Å². The van der Waals surface area contributed by atoms with E-state index >= 15 is 0 Å². The molecule has 112 valence electrons. The van der Waals surface area contributed by atoms with Gasteiger partial charge in [-0.05, 0) is 61.0 Å². The van der Waals surface area contributed by atoms with Crippen LogP contribution in [0.25, 0.3) is 0 Å². The zero-order chi connectivity index (χ0) is 14.8. The molecule has 4 aliphatic carbocycles. The highest BCUT2D eigenvalue weighted by Crippen LogP contribution is 2.65. The maximum Gasteiger partial charge on any atom is 0.155 e. The van der Waals surface area contributed by atoms with Gasteiger partial charge in [-0.2, -0.15) is 0 Å². The van der Waals surface area contributed by atoms with E-state index in [4.69, 9.17) is 0 Å². The van der Waals surface area contributed by atoms with E-state index in [-0.39, 0.29) is 10.8 Å². The van der Waals surface area contributed by atoms with Crippen LogP contribution in [0.3, 0.4) is 0 Å². The van der Waals surface area contributed by atoms with Crippen LogP contribution in [0.4, 0.5) is 0 Å². The Bertz CT molecular complexity index is 597. The van der Waals surface area contributed by atoms with E-state index in [0.717, 1.165) is 38.5 Å². The van der Waals surface area contributed by atoms with Gasteiger partial charge in [-0.25, -0.2) is 0 Å². The van der Waals surface area contributed by atoms with Gasteiger partial charge in [0.1, 0.15) is 5.78 Å². The zero-order valence-corrected chi connectivity index (χ0v) is 13.1. The minimum absolute atomic E-state index is 0.110. The fourth-order valence-corrected chi connectivity index (χ4v) is 5.56. The molecule has 4 aliphatic rings. The van der Waals surface area contributed by atoms with Gasteiger partial charge < -0.3 is 0 Å². The minimum atomic E-state index is -0.110. The van der Waals surface area contributed by atoms with Gasteiger partial charge in [-0.1, -0.05) is 25.5 Å². The molecule has 21 heavy (non-hydrogen) atoms. The van der Waals surface area contributed by atoms with Gasteiger partial charge in [0, 0.05) is 18.3 Å². The summed E-state index contributed by atoms with van der Waals surface area (Å²) in [4.78, 5) is 24.1. The van der Waals surface area contributed by atoms with Crippen molar-refractivity contribution in [1.29, 1.82) is 0 Å². The summed E-state index contributed by atoms with van der Waals surface area (Å²) in [6.45, 7) is 4.58. The molecule has 0 amide bonds. The van der Waals surface area contributed by atoms with Crippen molar-refractivity contribution in [2.45, 2.75) is 58.8 Å². The van der Waals surface area contributed by atoms with E-state index in [9.17, 15) is 9.59 Å². The van der Waals surface area contributed by atoms with Crippen LogP contribution < -0.4 is 0 Å². The lowest BCUT2D eigenvalue weighted by molar-refractivity contribution is -0.132. The summed E-state index contributed by atoms with van der Waals surface area (Å²) < 4.78 is 0. The quantitative estimate of drug-likeness (QED) is 0.673. The number of hydrogen-bond acceptors (Lipinski definition) is 2. The topological polar surface area (TPSA) is 34.1 Å². The molecule has 2 fully saturated rings. The second-order valence-corrected chi connectivity index (χ2v) is 8.03. The molecular formula is C19H24O2. The fourth-order valence-electron chi connectivity index (χ4n) is 5.56. The highest BCUT2D eigenvalue weighted by molar-refractivity contribution is 5.92. The first-order valence-corrected chi connectivity index (χ1v) is 8.42. The third-order valence-electron chi connectivity index (χ3n) is 7.29. The van der Waals surface area contributed by atoms with Crippen molar-refractivity contribution in [2.24, 2.45) is 22.7 Å². The van der Waals surface area contributed by atoms with Crippen molar-refractivity contribution in [2.75, 3.05) is 0 Å². The maximum absolute atomic E-state index is 12.5. The van der Waals surface area contributed by atoms with Crippen LogP contribution in [0, 0.1) is 22.7 Å². The summed E-state index contributed by atoms with van der Waals surface area (Å²) in [5, 5.41) is 0. The minimum Gasteiger partial charge on any atom is -0.299 e. The van der Waals surface area contributed by atoms with Crippen molar-refractivity contribution in [1.82, 2.24) is 0 Å². The Balaban J connectivity index is 1.77. The van der Waals surface area contributed by atoms with Gasteiger partial charge in [0.05, 0.1) is 0 Å². The molecule has 4 rings (SSSR count). The summed E-state index contributed by atoms with van der Waals surface area (Å²) in [6.07, 6.45) is 10.9. The average molecular weight is 284 g/mol.